The molecular formula is C22H20F2N2O2S. The molecule has 0 aliphatic heterocycles. The first kappa shape index (κ1) is 20.8. The number of aryl methyl sites for hydroxylation is 2. The van der Waals surface area contributed by atoms with Crippen LogP contribution in [0.15, 0.2) is 49.1 Å². The maximum Gasteiger partial charge on any atom is 0.254 e. The third-order valence-electron chi connectivity index (χ3n) is 4.51. The molecule has 0 aliphatic rings. The molecule has 0 saturated heterocycles. The van der Waals surface area contributed by atoms with Gasteiger partial charge in [-0.2, -0.15) is 0 Å². The van der Waals surface area contributed by atoms with Crippen LogP contribution >= 0.6 is 11.3 Å². The maximum atomic E-state index is 14.4. The van der Waals surface area contributed by atoms with E-state index in [2.05, 4.69) is 6.58 Å². The summed E-state index contributed by atoms with van der Waals surface area (Å²) in [4.78, 5) is 17.0. The highest BCUT2D eigenvalue weighted by atomic mass is 32.1. The number of rotatable bonds is 8. The van der Waals surface area contributed by atoms with Crippen molar-refractivity contribution in [1.29, 1.82) is 0 Å². The maximum absolute atomic E-state index is 14.4. The normalized spacial score (nSPS) is 10.9. The van der Waals surface area contributed by atoms with E-state index in [1.54, 1.807) is 6.08 Å². The minimum Gasteiger partial charge on any atom is -0.392 e. The van der Waals surface area contributed by atoms with Crippen LogP contribution < -0.4 is 5.73 Å². The molecule has 1 heterocycles. The van der Waals surface area contributed by atoms with Crippen LogP contribution in [0.5, 0.6) is 0 Å². The Kier molecular flexibility index (Phi) is 6.51. The van der Waals surface area contributed by atoms with Crippen molar-refractivity contribution in [3.05, 3.63) is 87.3 Å². The third-order valence-corrected chi connectivity index (χ3v) is 5.64. The predicted octanol–water partition coefficient (Wildman–Crippen LogP) is 4.19. The Labute approximate surface area is 171 Å². The Bertz CT molecular complexity index is 1050. The minimum absolute atomic E-state index is 0.0291. The first-order valence-corrected chi connectivity index (χ1v) is 9.82. The average Bonchev–Trinajstić information content (AvgIpc) is 3.10. The van der Waals surface area contributed by atoms with Gasteiger partial charge in [0.2, 0.25) is 0 Å². The van der Waals surface area contributed by atoms with Gasteiger partial charge in [-0.3, -0.25) is 4.79 Å². The van der Waals surface area contributed by atoms with Crippen LogP contribution in [0.4, 0.5) is 8.78 Å². The minimum atomic E-state index is -1.13. The van der Waals surface area contributed by atoms with E-state index in [1.807, 2.05) is 24.3 Å². The van der Waals surface area contributed by atoms with Crippen molar-refractivity contribution >= 4 is 17.2 Å². The summed E-state index contributed by atoms with van der Waals surface area (Å²) in [6.07, 6.45) is 3.13. The van der Waals surface area contributed by atoms with Crippen LogP contribution in [0.1, 0.15) is 31.4 Å². The second kappa shape index (κ2) is 9.07. The van der Waals surface area contributed by atoms with Crippen molar-refractivity contribution in [2.45, 2.75) is 25.9 Å². The lowest BCUT2D eigenvalue weighted by Gasteiger charge is -2.06. The van der Waals surface area contributed by atoms with Gasteiger partial charge in [-0.15, -0.1) is 17.9 Å². The summed E-state index contributed by atoms with van der Waals surface area (Å²) in [5, 5.41) is 10.0. The Morgan fingerprint density at radius 3 is 2.52 bits per heavy atom. The summed E-state index contributed by atoms with van der Waals surface area (Å²) in [6.45, 7) is 3.75. The zero-order chi connectivity index (χ0) is 21.0. The molecule has 7 heteroatoms. The van der Waals surface area contributed by atoms with E-state index < -0.39 is 23.1 Å². The Balaban J connectivity index is 1.86. The van der Waals surface area contributed by atoms with E-state index in [1.165, 1.54) is 17.4 Å². The van der Waals surface area contributed by atoms with E-state index in [0.29, 0.717) is 12.8 Å². The monoisotopic (exact) mass is 414 g/mol. The molecule has 29 heavy (non-hydrogen) atoms. The van der Waals surface area contributed by atoms with E-state index in [4.69, 9.17) is 10.7 Å². The molecule has 3 aromatic rings. The van der Waals surface area contributed by atoms with Gasteiger partial charge in [0.15, 0.2) is 0 Å². The van der Waals surface area contributed by atoms with Gasteiger partial charge in [0.25, 0.3) is 5.91 Å². The standard InChI is InChI=1S/C22H20F2N2O2S/c1-2-3-17-21(15-6-4-13(12-27)5-7-15)26-18(29-17)11-9-14-8-10-16(23)19(20(14)24)22(25)28/h2,4-8,10,27H,1,3,9,11-12H2,(H2,25,28). The van der Waals surface area contributed by atoms with Crippen LogP contribution in [-0.2, 0) is 25.9 Å². The molecule has 0 aliphatic carbocycles. The lowest BCUT2D eigenvalue weighted by Crippen LogP contribution is -2.17. The molecule has 0 unspecified atom stereocenters. The molecule has 150 valence electrons. The average molecular weight is 414 g/mol. The molecule has 0 fully saturated rings. The van der Waals surface area contributed by atoms with Gasteiger partial charge in [-0.1, -0.05) is 36.4 Å². The van der Waals surface area contributed by atoms with E-state index >= 15 is 0 Å². The summed E-state index contributed by atoms with van der Waals surface area (Å²) in [5.41, 5.74) is 7.15. The number of halogens is 2. The number of thiazole rings is 1. The first-order chi connectivity index (χ1) is 13.9. The number of hydrogen-bond acceptors (Lipinski definition) is 4. The SMILES string of the molecule is C=CCc1sc(CCc2ccc(F)c(C(N)=O)c2F)nc1-c1ccc(CO)cc1. The van der Waals surface area contributed by atoms with Crippen molar-refractivity contribution in [3.63, 3.8) is 0 Å². The molecule has 0 bridgehead atoms. The largest absolute Gasteiger partial charge is 0.392 e. The molecule has 2 aromatic carbocycles. The molecule has 1 amide bonds. The predicted molar refractivity (Wildman–Crippen MR) is 110 cm³/mol. The van der Waals surface area contributed by atoms with Crippen molar-refractivity contribution in [3.8, 4) is 11.3 Å². The van der Waals surface area contributed by atoms with E-state index in [-0.39, 0.29) is 18.6 Å². The van der Waals surface area contributed by atoms with Crippen molar-refractivity contribution in [2.24, 2.45) is 5.73 Å². The molecule has 0 spiro atoms. The second-order valence-corrected chi connectivity index (χ2v) is 7.66. The van der Waals surface area contributed by atoms with Crippen LogP contribution in [-0.4, -0.2) is 16.0 Å². The quantitative estimate of drug-likeness (QED) is 0.543. The van der Waals surface area contributed by atoms with Crippen molar-refractivity contribution in [1.82, 2.24) is 4.98 Å². The van der Waals surface area contributed by atoms with Crippen LogP contribution in [0.25, 0.3) is 11.3 Å². The van der Waals surface area contributed by atoms with Gasteiger partial charge in [0, 0.05) is 23.3 Å². The molecule has 0 radical (unpaired) electrons. The Morgan fingerprint density at radius 1 is 1.17 bits per heavy atom. The number of amides is 1. The number of allylic oxidation sites excluding steroid dienone is 1. The number of primary amides is 1. The summed E-state index contributed by atoms with van der Waals surface area (Å²) in [6, 6.07) is 9.85. The van der Waals surface area contributed by atoms with Gasteiger partial charge in [-0.25, -0.2) is 13.8 Å². The smallest absolute Gasteiger partial charge is 0.254 e. The molecule has 0 saturated carbocycles. The number of benzene rings is 2. The van der Waals surface area contributed by atoms with Crippen molar-refractivity contribution in [2.75, 3.05) is 0 Å². The first-order valence-electron chi connectivity index (χ1n) is 9.01. The second-order valence-electron chi connectivity index (χ2n) is 6.49. The van der Waals surface area contributed by atoms with E-state index in [0.717, 1.165) is 32.8 Å². The van der Waals surface area contributed by atoms with Gasteiger partial charge in [0.1, 0.15) is 17.2 Å². The topological polar surface area (TPSA) is 76.2 Å². The summed E-state index contributed by atoms with van der Waals surface area (Å²) in [7, 11) is 0. The highest BCUT2D eigenvalue weighted by Gasteiger charge is 2.19. The summed E-state index contributed by atoms with van der Waals surface area (Å²) in [5.74, 6) is -3.01. The number of hydrogen-bond donors (Lipinski definition) is 2. The molecular weight excluding hydrogens is 394 g/mol. The van der Waals surface area contributed by atoms with Gasteiger partial charge in [0.05, 0.1) is 17.3 Å². The molecule has 4 nitrogen and oxygen atoms in total. The highest BCUT2D eigenvalue weighted by Crippen LogP contribution is 2.30. The summed E-state index contributed by atoms with van der Waals surface area (Å²) < 4.78 is 28.1. The van der Waals surface area contributed by atoms with Gasteiger partial charge in [-0.05, 0) is 23.6 Å². The Hall–Kier alpha value is -2.90. The fourth-order valence-electron chi connectivity index (χ4n) is 3.03. The fraction of sp³-hybridized carbons (Fsp3) is 0.182. The van der Waals surface area contributed by atoms with Crippen LogP contribution in [0, 0.1) is 11.6 Å². The summed E-state index contributed by atoms with van der Waals surface area (Å²) >= 11 is 1.51. The number of carbonyl (C=O) groups excluding carboxylic acids is 1. The highest BCUT2D eigenvalue weighted by molar-refractivity contribution is 7.12. The number of nitrogens with zero attached hydrogens (tertiary/aromatic N) is 1. The number of carbonyl (C=O) groups is 1. The van der Waals surface area contributed by atoms with Crippen LogP contribution in [0.2, 0.25) is 0 Å². The zero-order valence-corrected chi connectivity index (χ0v) is 16.4. The Morgan fingerprint density at radius 2 is 1.90 bits per heavy atom. The number of aliphatic hydroxyl groups excluding tert-OH is 1. The number of nitrogens with two attached hydrogens (primary N) is 1. The van der Waals surface area contributed by atoms with Gasteiger partial charge < -0.3 is 10.8 Å². The van der Waals surface area contributed by atoms with Crippen LogP contribution in [0.3, 0.4) is 0 Å². The lowest BCUT2D eigenvalue weighted by molar-refractivity contribution is 0.0992. The number of aliphatic hydroxyl groups is 1. The fourth-order valence-corrected chi connectivity index (χ4v) is 4.11. The zero-order valence-electron chi connectivity index (χ0n) is 15.6. The van der Waals surface area contributed by atoms with E-state index in [9.17, 15) is 18.7 Å². The van der Waals surface area contributed by atoms with Crippen molar-refractivity contribution < 1.29 is 18.7 Å². The third kappa shape index (κ3) is 4.58. The number of aromatic nitrogens is 1. The molecule has 3 N–H and O–H groups in total. The molecule has 3 rings (SSSR count). The lowest BCUT2D eigenvalue weighted by atomic mass is 10.0. The molecule has 0 atom stereocenters. The van der Waals surface area contributed by atoms with Gasteiger partial charge >= 0.3 is 0 Å². The molecule has 1 aromatic heterocycles.